The molecular weight excluding hydrogens is 450 g/mol. The van der Waals surface area contributed by atoms with E-state index in [1.165, 1.54) is 12.1 Å². The summed E-state index contributed by atoms with van der Waals surface area (Å²) in [7, 11) is 1.73. The molecule has 0 N–H and O–H groups in total. The third kappa shape index (κ3) is 6.44. The van der Waals surface area contributed by atoms with E-state index in [-0.39, 0.29) is 30.4 Å². The fraction of sp³-hybridized carbons (Fsp3) is 0.440. The van der Waals surface area contributed by atoms with Crippen LogP contribution < -0.4 is 4.74 Å². The van der Waals surface area contributed by atoms with E-state index in [2.05, 4.69) is 0 Å². The van der Waals surface area contributed by atoms with Crippen LogP contribution in [0, 0.1) is 17.6 Å². The van der Waals surface area contributed by atoms with Crippen LogP contribution in [-0.4, -0.2) is 54.4 Å². The summed E-state index contributed by atoms with van der Waals surface area (Å²) in [5.41, 5.74) is 0.379. The lowest BCUT2D eigenvalue weighted by Gasteiger charge is -2.40. The van der Waals surface area contributed by atoms with Crippen LogP contribution in [0.5, 0.6) is 5.75 Å². The molecule has 1 aliphatic heterocycles. The van der Waals surface area contributed by atoms with E-state index in [0.29, 0.717) is 55.1 Å². The summed E-state index contributed by atoms with van der Waals surface area (Å²) >= 11 is 6.07. The Hall–Kier alpha value is -2.67. The van der Waals surface area contributed by atoms with Crippen molar-refractivity contribution >= 4 is 23.4 Å². The predicted octanol–water partition coefficient (Wildman–Crippen LogP) is 4.72. The molecule has 0 saturated carbocycles. The first-order valence-corrected chi connectivity index (χ1v) is 11.5. The lowest BCUT2D eigenvalue weighted by molar-refractivity contribution is -0.137. The Labute approximate surface area is 198 Å². The number of carbonyl (C=O) groups is 2. The maximum absolute atomic E-state index is 14.3. The van der Waals surface area contributed by atoms with Crippen LogP contribution >= 0.6 is 11.6 Å². The lowest BCUT2D eigenvalue weighted by Crippen LogP contribution is -2.49. The summed E-state index contributed by atoms with van der Waals surface area (Å²) in [5.74, 6) is -0.855. The Bertz CT molecular complexity index is 980. The number of piperidine rings is 1. The minimum absolute atomic E-state index is 0.0332. The van der Waals surface area contributed by atoms with Crippen molar-refractivity contribution in [2.24, 2.45) is 5.92 Å². The van der Waals surface area contributed by atoms with Crippen molar-refractivity contribution in [3.05, 3.63) is 64.7 Å². The Kier molecular flexibility index (Phi) is 8.67. The zero-order chi connectivity index (χ0) is 24.0. The van der Waals surface area contributed by atoms with Gasteiger partial charge in [-0.25, -0.2) is 8.78 Å². The summed E-state index contributed by atoms with van der Waals surface area (Å²) in [5, 5.41) is 0.448. The third-order valence-corrected chi connectivity index (χ3v) is 6.57. The van der Waals surface area contributed by atoms with E-state index in [0.717, 1.165) is 6.07 Å². The molecule has 0 bridgehead atoms. The molecule has 0 spiro atoms. The van der Waals surface area contributed by atoms with Gasteiger partial charge in [0, 0.05) is 38.7 Å². The Morgan fingerprint density at radius 1 is 1.18 bits per heavy atom. The van der Waals surface area contributed by atoms with Crippen LogP contribution in [0.4, 0.5) is 8.78 Å². The fourth-order valence-corrected chi connectivity index (χ4v) is 4.48. The SMILES string of the molecule is CCC(=O)N(C)[C@@H](Cc1ccc(F)cc1F)C1CCN(C(=O)COc2ccccc2Cl)CC1. The number of carbonyl (C=O) groups excluding carboxylic acids is 2. The topological polar surface area (TPSA) is 49.9 Å². The second kappa shape index (κ2) is 11.5. The fourth-order valence-electron chi connectivity index (χ4n) is 4.29. The normalized spacial score (nSPS) is 15.2. The van der Waals surface area contributed by atoms with Crippen molar-refractivity contribution in [2.75, 3.05) is 26.7 Å². The molecule has 0 unspecified atom stereocenters. The summed E-state index contributed by atoms with van der Waals surface area (Å²) in [4.78, 5) is 28.5. The van der Waals surface area contributed by atoms with E-state index in [1.54, 1.807) is 48.0 Å². The molecule has 0 aliphatic carbocycles. The highest BCUT2D eigenvalue weighted by Gasteiger charge is 2.33. The van der Waals surface area contributed by atoms with Crippen molar-refractivity contribution in [3.8, 4) is 5.75 Å². The number of likely N-dealkylation sites (N-methyl/N-ethyl adjacent to an activating group) is 1. The van der Waals surface area contributed by atoms with Gasteiger partial charge in [-0.15, -0.1) is 0 Å². The van der Waals surface area contributed by atoms with Gasteiger partial charge in [-0.1, -0.05) is 36.7 Å². The molecule has 1 fully saturated rings. The minimum atomic E-state index is -0.628. The molecule has 1 saturated heterocycles. The molecule has 0 radical (unpaired) electrons. The second-order valence-corrected chi connectivity index (χ2v) is 8.71. The quantitative estimate of drug-likeness (QED) is 0.552. The summed E-state index contributed by atoms with van der Waals surface area (Å²) in [6.07, 6.45) is 1.98. The zero-order valence-electron chi connectivity index (χ0n) is 18.9. The van der Waals surface area contributed by atoms with E-state index in [1.807, 2.05) is 0 Å². The average Bonchev–Trinajstić information content (AvgIpc) is 2.82. The molecule has 1 atom stereocenters. The van der Waals surface area contributed by atoms with Gasteiger partial charge in [0.1, 0.15) is 17.4 Å². The summed E-state index contributed by atoms with van der Waals surface area (Å²) in [6, 6.07) is 10.3. The summed E-state index contributed by atoms with van der Waals surface area (Å²) < 4.78 is 33.2. The van der Waals surface area contributed by atoms with Gasteiger partial charge in [0.05, 0.1) is 5.02 Å². The van der Waals surface area contributed by atoms with E-state index in [4.69, 9.17) is 16.3 Å². The van der Waals surface area contributed by atoms with E-state index in [9.17, 15) is 18.4 Å². The second-order valence-electron chi connectivity index (χ2n) is 8.30. The van der Waals surface area contributed by atoms with Crippen molar-refractivity contribution < 1.29 is 23.1 Å². The van der Waals surface area contributed by atoms with Crippen LogP contribution in [0.3, 0.4) is 0 Å². The molecular formula is C25H29ClF2N2O3. The number of nitrogens with zero attached hydrogens (tertiary/aromatic N) is 2. The average molecular weight is 479 g/mol. The van der Waals surface area contributed by atoms with Crippen molar-refractivity contribution in [1.29, 1.82) is 0 Å². The van der Waals surface area contributed by atoms with Gasteiger partial charge in [0.2, 0.25) is 5.91 Å². The number of halogens is 3. The summed E-state index contributed by atoms with van der Waals surface area (Å²) in [6.45, 7) is 2.72. The van der Waals surface area contributed by atoms with Gasteiger partial charge in [0.25, 0.3) is 5.91 Å². The number of amides is 2. The van der Waals surface area contributed by atoms with Gasteiger partial charge in [-0.3, -0.25) is 9.59 Å². The number of benzene rings is 2. The number of hydrogen-bond donors (Lipinski definition) is 0. The molecule has 5 nitrogen and oxygen atoms in total. The first-order valence-electron chi connectivity index (χ1n) is 11.1. The zero-order valence-corrected chi connectivity index (χ0v) is 19.7. The number of likely N-dealkylation sites (tertiary alicyclic amines) is 1. The van der Waals surface area contributed by atoms with Crippen LogP contribution in [0.15, 0.2) is 42.5 Å². The molecule has 178 valence electrons. The maximum atomic E-state index is 14.3. The molecule has 2 aromatic carbocycles. The number of para-hydroxylation sites is 1. The molecule has 2 amide bonds. The highest BCUT2D eigenvalue weighted by molar-refractivity contribution is 6.32. The van der Waals surface area contributed by atoms with Gasteiger partial charge in [0.15, 0.2) is 6.61 Å². The lowest BCUT2D eigenvalue weighted by atomic mass is 9.84. The highest BCUT2D eigenvalue weighted by Crippen LogP contribution is 2.28. The van der Waals surface area contributed by atoms with Gasteiger partial charge in [-0.05, 0) is 48.9 Å². The van der Waals surface area contributed by atoms with Crippen LogP contribution in [0.2, 0.25) is 5.02 Å². The smallest absolute Gasteiger partial charge is 0.260 e. The standard InChI is InChI=1S/C25H29ClF2N2O3/c1-3-24(31)29(2)22(14-18-8-9-19(27)15-21(18)28)17-10-12-30(13-11-17)25(32)16-33-23-7-5-4-6-20(23)26/h4-9,15,17,22H,3,10-14,16H2,1-2H3/t22-/m0/s1. The van der Waals surface area contributed by atoms with Crippen molar-refractivity contribution in [3.63, 3.8) is 0 Å². The maximum Gasteiger partial charge on any atom is 0.260 e. The highest BCUT2D eigenvalue weighted by atomic mass is 35.5. The molecule has 1 aliphatic rings. The molecule has 1 heterocycles. The first-order chi connectivity index (χ1) is 15.8. The Morgan fingerprint density at radius 3 is 2.52 bits per heavy atom. The first kappa shape index (κ1) is 25.0. The number of hydrogen-bond acceptors (Lipinski definition) is 3. The molecule has 0 aromatic heterocycles. The molecule has 33 heavy (non-hydrogen) atoms. The number of rotatable bonds is 8. The Morgan fingerprint density at radius 2 is 1.88 bits per heavy atom. The number of ether oxygens (including phenoxy) is 1. The molecule has 2 aromatic rings. The van der Waals surface area contributed by atoms with E-state index < -0.39 is 11.6 Å². The van der Waals surface area contributed by atoms with Gasteiger partial charge in [-0.2, -0.15) is 0 Å². The third-order valence-electron chi connectivity index (χ3n) is 6.26. The van der Waals surface area contributed by atoms with Crippen LogP contribution in [0.25, 0.3) is 0 Å². The van der Waals surface area contributed by atoms with Crippen LogP contribution in [-0.2, 0) is 16.0 Å². The van der Waals surface area contributed by atoms with Crippen molar-refractivity contribution in [1.82, 2.24) is 9.80 Å². The largest absolute Gasteiger partial charge is 0.482 e. The Balaban J connectivity index is 1.63. The molecule has 8 heteroatoms. The molecule has 3 rings (SSSR count). The monoisotopic (exact) mass is 478 g/mol. The van der Waals surface area contributed by atoms with Crippen molar-refractivity contribution in [2.45, 2.75) is 38.6 Å². The predicted molar refractivity (Wildman–Crippen MR) is 123 cm³/mol. The van der Waals surface area contributed by atoms with Gasteiger partial charge >= 0.3 is 0 Å². The van der Waals surface area contributed by atoms with Crippen LogP contribution in [0.1, 0.15) is 31.7 Å². The van der Waals surface area contributed by atoms with Gasteiger partial charge < -0.3 is 14.5 Å². The minimum Gasteiger partial charge on any atom is -0.482 e. The van der Waals surface area contributed by atoms with E-state index >= 15 is 0 Å².